The van der Waals surface area contributed by atoms with Gasteiger partial charge in [-0.2, -0.15) is 5.10 Å². The van der Waals surface area contributed by atoms with Gasteiger partial charge in [-0.25, -0.2) is 9.97 Å². The molecule has 0 spiro atoms. The van der Waals surface area contributed by atoms with Gasteiger partial charge in [0.1, 0.15) is 11.6 Å². The molecule has 0 aromatic carbocycles. The highest BCUT2D eigenvalue weighted by Gasteiger charge is 2.25. The van der Waals surface area contributed by atoms with Crippen molar-refractivity contribution in [2.24, 2.45) is 0 Å². The van der Waals surface area contributed by atoms with Crippen molar-refractivity contribution in [2.75, 3.05) is 18.5 Å². The Balaban J connectivity index is 1.61. The summed E-state index contributed by atoms with van der Waals surface area (Å²) in [5.74, 6) is 1.83. The second-order valence-electron chi connectivity index (χ2n) is 7.40. The first kappa shape index (κ1) is 17.0. The monoisotopic (exact) mass is 354 g/mol. The molecule has 1 N–H and O–H groups in total. The Bertz CT molecular complexity index is 843. The van der Waals surface area contributed by atoms with Gasteiger partial charge in [-0.05, 0) is 44.6 Å². The second kappa shape index (κ2) is 6.70. The number of carbonyl (C=O) groups excluding carboxylic acids is 1. The molecule has 1 amide bonds. The van der Waals surface area contributed by atoms with Gasteiger partial charge in [0.15, 0.2) is 0 Å². The van der Waals surface area contributed by atoms with Crippen LogP contribution in [0.2, 0.25) is 0 Å². The van der Waals surface area contributed by atoms with Crippen molar-refractivity contribution in [1.82, 2.24) is 25.1 Å². The summed E-state index contributed by atoms with van der Waals surface area (Å²) in [4.78, 5) is 25.1. The molecule has 138 valence electrons. The number of amides is 1. The fraction of sp³-hybridized carbons (Fsp3) is 0.579. The minimum atomic E-state index is 0.102. The fourth-order valence-electron chi connectivity index (χ4n) is 4.10. The van der Waals surface area contributed by atoms with Crippen molar-refractivity contribution in [3.05, 3.63) is 34.0 Å². The number of anilines is 1. The highest BCUT2D eigenvalue weighted by Crippen LogP contribution is 2.28. The molecule has 26 heavy (non-hydrogen) atoms. The first-order valence-corrected chi connectivity index (χ1v) is 9.41. The Hall–Kier alpha value is -2.44. The van der Waals surface area contributed by atoms with Crippen LogP contribution >= 0.6 is 0 Å². The number of hydrogen-bond donors (Lipinski definition) is 1. The molecule has 2 aromatic heterocycles. The third-order valence-corrected chi connectivity index (χ3v) is 5.49. The number of aromatic nitrogens is 4. The van der Waals surface area contributed by atoms with Crippen LogP contribution in [0.15, 0.2) is 0 Å². The maximum absolute atomic E-state index is 11.7. The van der Waals surface area contributed by atoms with E-state index in [1.54, 1.807) is 6.92 Å². The molecule has 1 aliphatic carbocycles. The summed E-state index contributed by atoms with van der Waals surface area (Å²) in [5, 5.41) is 7.79. The van der Waals surface area contributed by atoms with Crippen molar-refractivity contribution >= 4 is 11.7 Å². The van der Waals surface area contributed by atoms with Gasteiger partial charge in [0, 0.05) is 31.8 Å². The zero-order valence-corrected chi connectivity index (χ0v) is 15.8. The summed E-state index contributed by atoms with van der Waals surface area (Å²) >= 11 is 0. The lowest BCUT2D eigenvalue weighted by atomic mass is 9.96. The minimum absolute atomic E-state index is 0.102. The van der Waals surface area contributed by atoms with Gasteiger partial charge in [0.25, 0.3) is 0 Å². The maximum Gasteiger partial charge on any atom is 0.219 e. The van der Waals surface area contributed by atoms with E-state index in [9.17, 15) is 4.79 Å². The highest BCUT2D eigenvalue weighted by atomic mass is 16.2. The number of fused-ring (bicyclic) bond motifs is 2. The summed E-state index contributed by atoms with van der Waals surface area (Å²) < 4.78 is 0. The van der Waals surface area contributed by atoms with Gasteiger partial charge in [0.05, 0.1) is 24.5 Å². The maximum atomic E-state index is 11.7. The van der Waals surface area contributed by atoms with Crippen molar-refractivity contribution in [3.63, 3.8) is 0 Å². The Morgan fingerprint density at radius 1 is 1.19 bits per heavy atom. The quantitative estimate of drug-likeness (QED) is 0.911. The van der Waals surface area contributed by atoms with Crippen LogP contribution in [-0.4, -0.2) is 44.6 Å². The van der Waals surface area contributed by atoms with E-state index < -0.39 is 0 Å². The van der Waals surface area contributed by atoms with E-state index in [0.717, 1.165) is 55.4 Å². The molecule has 0 radical (unpaired) electrons. The molecule has 0 fully saturated rings. The van der Waals surface area contributed by atoms with Gasteiger partial charge < -0.3 is 9.80 Å². The van der Waals surface area contributed by atoms with Crippen molar-refractivity contribution in [2.45, 2.75) is 59.0 Å². The highest BCUT2D eigenvalue weighted by molar-refractivity contribution is 5.73. The summed E-state index contributed by atoms with van der Waals surface area (Å²) in [5.41, 5.74) is 5.97. The van der Waals surface area contributed by atoms with E-state index in [-0.39, 0.29) is 5.91 Å². The third kappa shape index (κ3) is 3.06. The predicted molar refractivity (Wildman–Crippen MR) is 98.9 cm³/mol. The minimum Gasteiger partial charge on any atom is -0.353 e. The number of carbonyl (C=O) groups is 1. The molecular formula is C19H26N6O. The van der Waals surface area contributed by atoms with Crippen LogP contribution in [0.3, 0.4) is 0 Å². The van der Waals surface area contributed by atoms with E-state index in [1.165, 1.54) is 29.7 Å². The lowest BCUT2D eigenvalue weighted by Crippen LogP contribution is -2.36. The lowest BCUT2D eigenvalue weighted by molar-refractivity contribution is -0.129. The number of aromatic amines is 1. The third-order valence-electron chi connectivity index (χ3n) is 5.49. The van der Waals surface area contributed by atoms with Gasteiger partial charge in [-0.1, -0.05) is 0 Å². The molecule has 1 aliphatic heterocycles. The summed E-state index contributed by atoms with van der Waals surface area (Å²) in [7, 11) is 2.07. The van der Waals surface area contributed by atoms with Crippen LogP contribution in [0.25, 0.3) is 0 Å². The Morgan fingerprint density at radius 3 is 2.81 bits per heavy atom. The van der Waals surface area contributed by atoms with E-state index in [0.29, 0.717) is 6.54 Å². The largest absolute Gasteiger partial charge is 0.353 e. The van der Waals surface area contributed by atoms with Crippen LogP contribution < -0.4 is 4.90 Å². The molecule has 0 saturated carbocycles. The van der Waals surface area contributed by atoms with E-state index >= 15 is 0 Å². The number of nitrogens with zero attached hydrogens (tertiary/aromatic N) is 5. The normalized spacial score (nSPS) is 16.2. The smallest absolute Gasteiger partial charge is 0.219 e. The molecule has 0 saturated heterocycles. The molecule has 3 heterocycles. The molecule has 2 aromatic rings. The van der Waals surface area contributed by atoms with Crippen molar-refractivity contribution in [1.29, 1.82) is 0 Å². The van der Waals surface area contributed by atoms with E-state index in [4.69, 9.17) is 4.98 Å². The standard InChI is InChI=1S/C19H26N6O/c1-12-20-17-11-25(13(2)26)9-8-15(17)19(21-12)24(3)10-18-14-6-4-5-7-16(14)22-23-18/h4-11H2,1-3H3,(H,22,23). The molecule has 0 bridgehead atoms. The molecule has 7 nitrogen and oxygen atoms in total. The summed E-state index contributed by atoms with van der Waals surface area (Å²) in [6.07, 6.45) is 5.51. The first-order valence-electron chi connectivity index (χ1n) is 9.41. The van der Waals surface area contributed by atoms with Crippen LogP contribution in [0.4, 0.5) is 5.82 Å². The van der Waals surface area contributed by atoms with E-state index in [1.807, 2.05) is 11.8 Å². The van der Waals surface area contributed by atoms with Crippen LogP contribution in [-0.2, 0) is 37.1 Å². The zero-order valence-electron chi connectivity index (χ0n) is 15.8. The molecule has 4 rings (SSSR count). The van der Waals surface area contributed by atoms with Crippen LogP contribution in [0.1, 0.15) is 53.8 Å². The molecule has 0 unspecified atom stereocenters. The van der Waals surface area contributed by atoms with Crippen LogP contribution in [0.5, 0.6) is 0 Å². The van der Waals surface area contributed by atoms with Gasteiger partial charge in [0.2, 0.25) is 5.91 Å². The number of nitrogens with one attached hydrogen (secondary N) is 1. The fourth-order valence-corrected chi connectivity index (χ4v) is 4.10. The Labute approximate surface area is 153 Å². The van der Waals surface area contributed by atoms with E-state index in [2.05, 4.69) is 27.1 Å². The predicted octanol–water partition coefficient (Wildman–Crippen LogP) is 1.93. The molecule has 7 heteroatoms. The summed E-state index contributed by atoms with van der Waals surface area (Å²) in [6.45, 7) is 5.58. The Kier molecular flexibility index (Phi) is 4.38. The lowest BCUT2D eigenvalue weighted by Gasteiger charge is -2.30. The second-order valence-corrected chi connectivity index (χ2v) is 7.40. The number of hydrogen-bond acceptors (Lipinski definition) is 5. The molecular weight excluding hydrogens is 328 g/mol. The van der Waals surface area contributed by atoms with Crippen LogP contribution in [0, 0.1) is 6.92 Å². The Morgan fingerprint density at radius 2 is 2.00 bits per heavy atom. The molecule has 2 aliphatic rings. The topological polar surface area (TPSA) is 78.0 Å². The average Bonchev–Trinajstić information content (AvgIpc) is 3.03. The number of H-pyrrole nitrogens is 1. The number of rotatable bonds is 3. The summed E-state index contributed by atoms with van der Waals surface area (Å²) in [6, 6.07) is 0. The van der Waals surface area contributed by atoms with Crippen molar-refractivity contribution in [3.8, 4) is 0 Å². The van der Waals surface area contributed by atoms with Crippen molar-refractivity contribution < 1.29 is 4.79 Å². The average molecular weight is 354 g/mol. The van der Waals surface area contributed by atoms with Gasteiger partial charge in [-0.3, -0.25) is 9.89 Å². The SMILES string of the molecule is CC(=O)N1CCc2c(nc(C)nc2N(C)Cc2n[nH]c3c2CCCC3)C1. The zero-order chi connectivity index (χ0) is 18.3. The first-order chi connectivity index (χ1) is 12.5. The van der Waals surface area contributed by atoms with Gasteiger partial charge in [-0.15, -0.1) is 0 Å². The van der Waals surface area contributed by atoms with Gasteiger partial charge >= 0.3 is 0 Å². The molecule has 0 atom stereocenters. The number of aryl methyl sites for hydroxylation is 2.